The van der Waals surface area contributed by atoms with Crippen molar-refractivity contribution in [3.05, 3.63) is 17.5 Å². The van der Waals surface area contributed by atoms with Gasteiger partial charge in [-0.3, -0.25) is 14.4 Å². The fraction of sp³-hybridized carbons (Fsp3) is 0.818. The monoisotopic (exact) mass is 404 g/mol. The standard InChI is InChI=1S/C22H36N4O3/c1-17-15-19(24(2)23-17)21(27)25-11-7-18(8-12-25)26-16-20(29-14-13-28-3)22(26)9-5-4-6-10-22/h15,18,20H,4-14,16H2,1-3H3. The summed E-state index contributed by atoms with van der Waals surface area (Å²) in [6.07, 6.45) is 8.89. The third-order valence-corrected chi connectivity index (χ3v) is 7.27. The minimum absolute atomic E-state index is 0.114. The van der Waals surface area contributed by atoms with E-state index in [9.17, 15) is 4.79 Å². The number of methoxy groups -OCH3 is 1. The van der Waals surface area contributed by atoms with Crippen molar-refractivity contribution in [3.63, 3.8) is 0 Å². The van der Waals surface area contributed by atoms with Gasteiger partial charge in [0.15, 0.2) is 0 Å². The number of rotatable bonds is 6. The summed E-state index contributed by atoms with van der Waals surface area (Å²) in [6.45, 7) is 5.98. The first-order valence-corrected chi connectivity index (χ1v) is 11.2. The van der Waals surface area contributed by atoms with Crippen molar-refractivity contribution in [1.82, 2.24) is 19.6 Å². The van der Waals surface area contributed by atoms with Gasteiger partial charge in [0.2, 0.25) is 0 Å². The smallest absolute Gasteiger partial charge is 0.272 e. The van der Waals surface area contributed by atoms with E-state index in [0.29, 0.717) is 31.1 Å². The summed E-state index contributed by atoms with van der Waals surface area (Å²) in [7, 11) is 3.58. The Hall–Kier alpha value is -1.44. The van der Waals surface area contributed by atoms with E-state index >= 15 is 0 Å². The summed E-state index contributed by atoms with van der Waals surface area (Å²) in [4.78, 5) is 17.7. The predicted molar refractivity (Wildman–Crippen MR) is 111 cm³/mol. The molecule has 1 aromatic heterocycles. The molecule has 7 heteroatoms. The second-order valence-electron chi connectivity index (χ2n) is 8.99. The molecule has 2 saturated heterocycles. The number of carbonyl (C=O) groups excluding carboxylic acids is 1. The predicted octanol–water partition coefficient (Wildman–Crippen LogP) is 2.38. The Balaban J connectivity index is 1.36. The van der Waals surface area contributed by atoms with Gasteiger partial charge >= 0.3 is 0 Å². The quantitative estimate of drug-likeness (QED) is 0.682. The van der Waals surface area contributed by atoms with E-state index < -0.39 is 0 Å². The first-order chi connectivity index (χ1) is 14.0. The largest absolute Gasteiger partial charge is 0.382 e. The first kappa shape index (κ1) is 20.8. The van der Waals surface area contributed by atoms with Crippen LogP contribution < -0.4 is 0 Å². The summed E-state index contributed by atoms with van der Waals surface area (Å²) < 4.78 is 13.1. The second-order valence-corrected chi connectivity index (χ2v) is 8.99. The molecule has 4 rings (SSSR count). The van der Waals surface area contributed by atoms with Crippen LogP contribution in [0.25, 0.3) is 0 Å². The highest BCUT2D eigenvalue weighted by Crippen LogP contribution is 2.47. The summed E-state index contributed by atoms with van der Waals surface area (Å²) in [5.41, 5.74) is 1.81. The third kappa shape index (κ3) is 3.97. The number of piperidine rings is 1. The van der Waals surface area contributed by atoms with Crippen molar-refractivity contribution >= 4 is 5.91 Å². The molecule has 0 N–H and O–H groups in total. The van der Waals surface area contributed by atoms with Crippen LogP contribution in [0.15, 0.2) is 6.07 Å². The molecule has 1 aromatic rings. The zero-order valence-corrected chi connectivity index (χ0v) is 18.2. The molecule has 162 valence electrons. The molecule has 0 aromatic carbocycles. The van der Waals surface area contributed by atoms with Crippen molar-refractivity contribution < 1.29 is 14.3 Å². The highest BCUT2D eigenvalue weighted by Gasteiger charge is 2.56. The van der Waals surface area contributed by atoms with E-state index in [1.807, 2.05) is 24.9 Å². The molecule has 0 bridgehead atoms. The average molecular weight is 405 g/mol. The molecule has 7 nitrogen and oxygen atoms in total. The van der Waals surface area contributed by atoms with Crippen LogP contribution >= 0.6 is 0 Å². The lowest BCUT2D eigenvalue weighted by molar-refractivity contribution is -0.203. The van der Waals surface area contributed by atoms with Crippen molar-refractivity contribution in [2.24, 2.45) is 7.05 Å². The molecule has 1 unspecified atom stereocenters. The molecule has 1 aliphatic carbocycles. The van der Waals surface area contributed by atoms with Gasteiger partial charge in [0.1, 0.15) is 5.69 Å². The Morgan fingerprint density at radius 2 is 1.93 bits per heavy atom. The Labute approximate surface area is 174 Å². The molecule has 1 saturated carbocycles. The van der Waals surface area contributed by atoms with Gasteiger partial charge in [-0.15, -0.1) is 0 Å². The lowest BCUT2D eigenvalue weighted by Gasteiger charge is -2.63. The molecule has 29 heavy (non-hydrogen) atoms. The van der Waals surface area contributed by atoms with E-state index in [1.165, 1.54) is 32.1 Å². The van der Waals surface area contributed by atoms with E-state index in [2.05, 4.69) is 10.00 Å². The van der Waals surface area contributed by atoms with Gasteiger partial charge in [-0.25, -0.2) is 0 Å². The van der Waals surface area contributed by atoms with Crippen molar-refractivity contribution in [1.29, 1.82) is 0 Å². The number of likely N-dealkylation sites (tertiary alicyclic amines) is 2. The summed E-state index contributed by atoms with van der Waals surface area (Å²) in [5.74, 6) is 0.114. The Kier molecular flexibility index (Phi) is 6.27. The maximum atomic E-state index is 12.9. The number of ether oxygens (including phenoxy) is 2. The second kappa shape index (κ2) is 8.74. The normalized spacial score (nSPS) is 25.3. The van der Waals surface area contributed by atoms with Crippen molar-refractivity contribution in [2.45, 2.75) is 69.6 Å². The zero-order chi connectivity index (χ0) is 20.4. The van der Waals surface area contributed by atoms with Crippen LogP contribution in [0.3, 0.4) is 0 Å². The van der Waals surface area contributed by atoms with Gasteiger partial charge in [0.25, 0.3) is 5.91 Å². The molecule has 1 atom stereocenters. The molecule has 3 heterocycles. The Morgan fingerprint density at radius 3 is 2.55 bits per heavy atom. The van der Waals surface area contributed by atoms with Crippen LogP contribution in [-0.2, 0) is 16.5 Å². The SMILES string of the molecule is COCCOC1CN(C2CCN(C(=O)c3cc(C)nn3C)CC2)C12CCCCC2. The fourth-order valence-corrected chi connectivity index (χ4v) is 5.72. The van der Waals surface area contributed by atoms with Gasteiger partial charge in [0.05, 0.1) is 25.0 Å². The average Bonchev–Trinajstić information content (AvgIpc) is 3.08. The highest BCUT2D eigenvalue weighted by molar-refractivity contribution is 5.92. The minimum Gasteiger partial charge on any atom is -0.382 e. The number of carbonyl (C=O) groups is 1. The topological polar surface area (TPSA) is 59.8 Å². The van der Waals surface area contributed by atoms with E-state index in [0.717, 1.165) is 38.2 Å². The van der Waals surface area contributed by atoms with Crippen molar-refractivity contribution in [2.75, 3.05) is 40.0 Å². The van der Waals surface area contributed by atoms with E-state index in [4.69, 9.17) is 9.47 Å². The van der Waals surface area contributed by atoms with Gasteiger partial charge in [0, 0.05) is 45.4 Å². The van der Waals surface area contributed by atoms with Crippen LogP contribution in [0.4, 0.5) is 0 Å². The maximum Gasteiger partial charge on any atom is 0.272 e. The van der Waals surface area contributed by atoms with Gasteiger partial charge in [-0.1, -0.05) is 19.3 Å². The molecular formula is C22H36N4O3. The number of amides is 1. The highest BCUT2D eigenvalue weighted by atomic mass is 16.5. The van der Waals surface area contributed by atoms with Gasteiger partial charge in [-0.05, 0) is 38.7 Å². The number of aryl methyl sites for hydroxylation is 2. The summed E-state index contributed by atoms with van der Waals surface area (Å²) in [6, 6.07) is 2.45. The molecule has 3 fully saturated rings. The molecule has 2 aliphatic heterocycles. The molecule has 0 radical (unpaired) electrons. The number of aromatic nitrogens is 2. The van der Waals surface area contributed by atoms with Gasteiger partial charge in [-0.2, -0.15) is 5.10 Å². The van der Waals surface area contributed by atoms with E-state index in [1.54, 1.807) is 11.8 Å². The van der Waals surface area contributed by atoms with Crippen molar-refractivity contribution in [3.8, 4) is 0 Å². The molecule has 1 spiro atoms. The number of nitrogens with zero attached hydrogens (tertiary/aromatic N) is 4. The molecular weight excluding hydrogens is 368 g/mol. The zero-order valence-electron chi connectivity index (χ0n) is 18.2. The van der Waals surface area contributed by atoms with Crippen LogP contribution in [0.1, 0.15) is 61.1 Å². The van der Waals surface area contributed by atoms with Crippen LogP contribution in [0.2, 0.25) is 0 Å². The van der Waals surface area contributed by atoms with Crippen LogP contribution in [0, 0.1) is 6.92 Å². The summed E-state index contributed by atoms with van der Waals surface area (Å²) >= 11 is 0. The van der Waals surface area contributed by atoms with Crippen LogP contribution in [0.5, 0.6) is 0 Å². The fourth-order valence-electron chi connectivity index (χ4n) is 5.72. The third-order valence-electron chi connectivity index (χ3n) is 7.27. The van der Waals surface area contributed by atoms with Crippen LogP contribution in [-0.4, -0.2) is 83.1 Å². The Morgan fingerprint density at radius 1 is 1.21 bits per heavy atom. The Bertz CT molecular complexity index is 705. The number of hydrogen-bond acceptors (Lipinski definition) is 5. The number of hydrogen-bond donors (Lipinski definition) is 0. The van der Waals surface area contributed by atoms with Gasteiger partial charge < -0.3 is 14.4 Å². The summed E-state index contributed by atoms with van der Waals surface area (Å²) in [5, 5.41) is 4.33. The molecule has 1 amide bonds. The molecule has 3 aliphatic rings. The first-order valence-electron chi connectivity index (χ1n) is 11.2. The maximum absolute atomic E-state index is 12.9. The van der Waals surface area contributed by atoms with E-state index in [-0.39, 0.29) is 11.4 Å². The minimum atomic E-state index is 0.114. The lowest BCUT2D eigenvalue weighted by Crippen LogP contribution is -2.75. The lowest BCUT2D eigenvalue weighted by atomic mass is 9.69.